The molecule has 1 fully saturated rings. The number of rotatable bonds is 7. The molecule has 5 amide bonds. The molecule has 1 saturated heterocycles. The first-order valence-corrected chi connectivity index (χ1v) is 10.9. The van der Waals surface area contributed by atoms with E-state index < -0.39 is 35.8 Å². The second kappa shape index (κ2) is 9.62. The van der Waals surface area contributed by atoms with Gasteiger partial charge in [0.05, 0.1) is 17.3 Å². The highest BCUT2D eigenvalue weighted by atomic mass is 35.5. The van der Waals surface area contributed by atoms with Crippen LogP contribution in [0.3, 0.4) is 0 Å². The largest absolute Gasteiger partial charge is 0.335 e. The molecular formula is C24H27ClN4O4. The molecule has 174 valence electrons. The fourth-order valence-corrected chi connectivity index (χ4v) is 3.73. The highest BCUT2D eigenvalue weighted by Gasteiger charge is 2.49. The van der Waals surface area contributed by atoms with Crippen molar-refractivity contribution in [1.29, 1.82) is 0 Å². The van der Waals surface area contributed by atoms with Crippen molar-refractivity contribution in [2.24, 2.45) is 0 Å². The van der Waals surface area contributed by atoms with Crippen LogP contribution < -0.4 is 10.6 Å². The van der Waals surface area contributed by atoms with Gasteiger partial charge in [-0.15, -0.1) is 0 Å². The van der Waals surface area contributed by atoms with Gasteiger partial charge in [0, 0.05) is 7.05 Å². The van der Waals surface area contributed by atoms with Gasteiger partial charge in [-0.3, -0.25) is 19.3 Å². The van der Waals surface area contributed by atoms with E-state index in [0.717, 1.165) is 15.4 Å². The predicted octanol–water partition coefficient (Wildman–Crippen LogP) is 3.33. The third kappa shape index (κ3) is 5.17. The number of hydrogen-bond acceptors (Lipinski definition) is 4. The zero-order valence-corrected chi connectivity index (χ0v) is 19.8. The Bertz CT molecular complexity index is 1090. The fraction of sp³-hybridized carbons (Fsp3) is 0.333. The molecule has 8 nitrogen and oxygen atoms in total. The van der Waals surface area contributed by atoms with Crippen LogP contribution in [-0.4, -0.2) is 53.7 Å². The summed E-state index contributed by atoms with van der Waals surface area (Å²) < 4.78 is 0. The lowest BCUT2D eigenvalue weighted by Crippen LogP contribution is -2.45. The van der Waals surface area contributed by atoms with Gasteiger partial charge in [0.1, 0.15) is 12.1 Å². The maximum atomic E-state index is 13.1. The molecule has 1 aliphatic heterocycles. The van der Waals surface area contributed by atoms with Crippen LogP contribution in [-0.2, 0) is 19.9 Å². The van der Waals surface area contributed by atoms with Crippen molar-refractivity contribution in [2.45, 2.75) is 32.2 Å². The molecule has 1 aliphatic rings. The zero-order chi connectivity index (χ0) is 24.3. The van der Waals surface area contributed by atoms with Crippen molar-refractivity contribution in [1.82, 2.24) is 15.1 Å². The van der Waals surface area contributed by atoms with Crippen molar-refractivity contribution < 1.29 is 19.2 Å². The zero-order valence-electron chi connectivity index (χ0n) is 19.0. The minimum absolute atomic E-state index is 0.262. The molecule has 0 radical (unpaired) electrons. The summed E-state index contributed by atoms with van der Waals surface area (Å²) in [7, 11) is 1.43. The van der Waals surface area contributed by atoms with Gasteiger partial charge in [-0.1, -0.05) is 61.8 Å². The lowest BCUT2D eigenvalue weighted by molar-refractivity contribution is -0.139. The fourth-order valence-electron chi connectivity index (χ4n) is 3.55. The summed E-state index contributed by atoms with van der Waals surface area (Å²) in [6.45, 7) is 5.01. The Hall–Kier alpha value is -3.39. The molecule has 2 aromatic rings. The van der Waals surface area contributed by atoms with Gasteiger partial charge >= 0.3 is 6.03 Å². The number of halogens is 1. The molecule has 0 spiro atoms. The maximum Gasteiger partial charge on any atom is 0.325 e. The number of nitrogens with one attached hydrogen (secondary N) is 2. The average Bonchev–Trinajstić information content (AvgIpc) is 2.99. The molecule has 33 heavy (non-hydrogen) atoms. The molecule has 3 rings (SSSR count). The van der Waals surface area contributed by atoms with Gasteiger partial charge in [-0.05, 0) is 36.1 Å². The van der Waals surface area contributed by atoms with E-state index in [1.165, 1.54) is 7.05 Å². The minimum Gasteiger partial charge on any atom is -0.335 e. The van der Waals surface area contributed by atoms with Crippen LogP contribution in [0.1, 0.15) is 37.8 Å². The van der Waals surface area contributed by atoms with Crippen LogP contribution >= 0.6 is 11.6 Å². The van der Waals surface area contributed by atoms with Crippen molar-refractivity contribution in [3.8, 4) is 0 Å². The Kier molecular flexibility index (Phi) is 7.07. The normalized spacial score (nSPS) is 17.8. The number of carbonyl (C=O) groups excluding carboxylic acids is 4. The standard InChI is InChI=1S/C24H27ClN4O4/c1-15(2)16-9-11-17(12-10-16)24(3)22(32)29(23(33)27-24)14-21(31)28(4)13-20(30)26-19-8-6-5-7-18(19)25/h5-12,15H,13-14H2,1-4H3,(H,26,30)(H,27,33). The number of benzene rings is 2. The lowest BCUT2D eigenvalue weighted by atomic mass is 9.90. The number of likely N-dealkylation sites (N-methyl/N-ethyl adjacent to an activating group) is 1. The summed E-state index contributed by atoms with van der Waals surface area (Å²) >= 11 is 6.03. The van der Waals surface area contributed by atoms with E-state index in [2.05, 4.69) is 24.5 Å². The Balaban J connectivity index is 1.64. The van der Waals surface area contributed by atoms with E-state index in [1.54, 1.807) is 31.2 Å². The highest BCUT2D eigenvalue weighted by molar-refractivity contribution is 6.33. The molecule has 2 aromatic carbocycles. The molecule has 0 saturated carbocycles. The number of amides is 5. The quantitative estimate of drug-likeness (QED) is 0.606. The van der Waals surface area contributed by atoms with E-state index >= 15 is 0 Å². The number of anilines is 1. The lowest BCUT2D eigenvalue weighted by Gasteiger charge is -2.23. The third-order valence-corrected chi connectivity index (χ3v) is 6.01. The summed E-state index contributed by atoms with van der Waals surface area (Å²) in [6, 6.07) is 13.5. The SMILES string of the molecule is CC(C)c1ccc(C2(C)NC(=O)N(CC(=O)N(C)CC(=O)Nc3ccccc3Cl)C2=O)cc1. The van der Waals surface area contributed by atoms with Gasteiger partial charge in [0.25, 0.3) is 5.91 Å². The van der Waals surface area contributed by atoms with E-state index in [0.29, 0.717) is 22.2 Å². The number of nitrogens with zero attached hydrogens (tertiary/aromatic N) is 2. The molecule has 1 atom stereocenters. The summed E-state index contributed by atoms with van der Waals surface area (Å²) in [5.41, 5.74) is 0.904. The summed E-state index contributed by atoms with van der Waals surface area (Å²) in [4.78, 5) is 52.6. The molecule has 2 N–H and O–H groups in total. The van der Waals surface area contributed by atoms with Crippen LogP contribution in [0.15, 0.2) is 48.5 Å². The monoisotopic (exact) mass is 470 g/mol. The first-order chi connectivity index (χ1) is 15.5. The predicted molar refractivity (Wildman–Crippen MR) is 126 cm³/mol. The molecule has 1 heterocycles. The van der Waals surface area contributed by atoms with E-state index in [4.69, 9.17) is 11.6 Å². The van der Waals surface area contributed by atoms with Crippen molar-refractivity contribution in [3.05, 3.63) is 64.7 Å². The number of para-hydroxylation sites is 1. The molecule has 9 heteroatoms. The smallest absolute Gasteiger partial charge is 0.325 e. The van der Waals surface area contributed by atoms with E-state index in [1.807, 2.05) is 24.3 Å². The number of carbonyl (C=O) groups is 4. The van der Waals surface area contributed by atoms with Crippen LogP contribution in [0.4, 0.5) is 10.5 Å². The number of hydrogen-bond donors (Lipinski definition) is 2. The maximum absolute atomic E-state index is 13.1. The van der Waals surface area contributed by atoms with Crippen LogP contribution in [0.2, 0.25) is 5.02 Å². The molecular weight excluding hydrogens is 444 g/mol. The molecule has 0 aliphatic carbocycles. The van der Waals surface area contributed by atoms with Gasteiger partial charge < -0.3 is 15.5 Å². The third-order valence-electron chi connectivity index (χ3n) is 5.68. The highest BCUT2D eigenvalue weighted by Crippen LogP contribution is 2.30. The van der Waals surface area contributed by atoms with E-state index in [9.17, 15) is 19.2 Å². The topological polar surface area (TPSA) is 98.8 Å². The van der Waals surface area contributed by atoms with Gasteiger partial charge in [-0.25, -0.2) is 4.79 Å². The van der Waals surface area contributed by atoms with Crippen molar-refractivity contribution in [3.63, 3.8) is 0 Å². The molecule has 1 unspecified atom stereocenters. The van der Waals surface area contributed by atoms with E-state index in [-0.39, 0.29) is 6.54 Å². The summed E-state index contributed by atoms with van der Waals surface area (Å²) in [5, 5.41) is 5.70. The van der Waals surface area contributed by atoms with Crippen molar-refractivity contribution in [2.75, 3.05) is 25.5 Å². The average molecular weight is 471 g/mol. The Morgan fingerprint density at radius 1 is 1.12 bits per heavy atom. The Morgan fingerprint density at radius 3 is 2.36 bits per heavy atom. The van der Waals surface area contributed by atoms with Gasteiger partial charge in [-0.2, -0.15) is 0 Å². The van der Waals surface area contributed by atoms with Gasteiger partial charge in [0.15, 0.2) is 0 Å². The van der Waals surface area contributed by atoms with Crippen molar-refractivity contribution >= 4 is 41.0 Å². The van der Waals surface area contributed by atoms with Crippen LogP contribution in [0.5, 0.6) is 0 Å². The first-order valence-electron chi connectivity index (χ1n) is 10.6. The Labute approximate surface area is 197 Å². The summed E-state index contributed by atoms with van der Waals surface area (Å²) in [6.07, 6.45) is 0. The number of urea groups is 1. The second-order valence-electron chi connectivity index (χ2n) is 8.50. The first kappa shape index (κ1) is 24.3. The number of imide groups is 1. The minimum atomic E-state index is -1.27. The Morgan fingerprint density at radius 2 is 1.76 bits per heavy atom. The van der Waals surface area contributed by atoms with Crippen LogP contribution in [0.25, 0.3) is 0 Å². The van der Waals surface area contributed by atoms with Gasteiger partial charge in [0.2, 0.25) is 11.8 Å². The second-order valence-corrected chi connectivity index (χ2v) is 8.91. The van der Waals surface area contributed by atoms with Crippen LogP contribution in [0, 0.1) is 0 Å². The molecule has 0 bridgehead atoms. The summed E-state index contributed by atoms with van der Waals surface area (Å²) in [5.74, 6) is -1.19. The molecule has 0 aromatic heterocycles.